The predicted octanol–water partition coefficient (Wildman–Crippen LogP) is 3.57. The van der Waals surface area contributed by atoms with Gasteiger partial charge >= 0.3 is 0 Å². The minimum Gasteiger partial charge on any atom is -0.386 e. The van der Waals surface area contributed by atoms with Gasteiger partial charge in [-0.3, -0.25) is 4.90 Å². The monoisotopic (exact) mass is 283 g/mol. The van der Waals surface area contributed by atoms with Gasteiger partial charge in [-0.1, -0.05) is 13.0 Å². The Hall–Kier alpha value is -1.00. The zero-order chi connectivity index (χ0) is 14.9. The number of nitrogens with zero attached hydrogens (tertiary/aromatic N) is 1. The van der Waals surface area contributed by atoms with E-state index < -0.39 is 23.3 Å². The Morgan fingerprint density at radius 2 is 1.90 bits per heavy atom. The second kappa shape index (κ2) is 5.78. The van der Waals surface area contributed by atoms with E-state index in [2.05, 4.69) is 4.90 Å². The summed E-state index contributed by atoms with van der Waals surface area (Å²) in [5.74, 6) is -1.30. The fourth-order valence-electron chi connectivity index (χ4n) is 3.06. The summed E-state index contributed by atoms with van der Waals surface area (Å²) in [5, 5.41) is 10.7. The molecule has 1 aromatic carbocycles. The van der Waals surface area contributed by atoms with E-state index in [1.807, 2.05) is 13.8 Å². The van der Waals surface area contributed by atoms with E-state index in [-0.39, 0.29) is 5.56 Å². The van der Waals surface area contributed by atoms with Crippen LogP contribution in [0.2, 0.25) is 0 Å². The molecule has 1 aliphatic heterocycles. The SMILES string of the molecule is CCC(C)(C(O)c1c(F)ccc(C)c1F)N1CCCC1. The molecule has 0 radical (unpaired) electrons. The molecule has 2 nitrogen and oxygen atoms in total. The van der Waals surface area contributed by atoms with E-state index in [0.717, 1.165) is 25.9 Å². The van der Waals surface area contributed by atoms with Gasteiger partial charge in [0.15, 0.2) is 0 Å². The summed E-state index contributed by atoms with van der Waals surface area (Å²) in [4.78, 5) is 2.15. The summed E-state index contributed by atoms with van der Waals surface area (Å²) >= 11 is 0. The van der Waals surface area contributed by atoms with Gasteiger partial charge in [-0.15, -0.1) is 0 Å². The zero-order valence-corrected chi connectivity index (χ0v) is 12.4. The molecule has 0 aliphatic carbocycles. The number of aliphatic hydroxyl groups is 1. The lowest BCUT2D eigenvalue weighted by Gasteiger charge is -2.42. The molecule has 1 aromatic rings. The zero-order valence-electron chi connectivity index (χ0n) is 12.4. The minimum atomic E-state index is -1.16. The summed E-state index contributed by atoms with van der Waals surface area (Å²) in [6.45, 7) is 7.17. The van der Waals surface area contributed by atoms with E-state index in [9.17, 15) is 13.9 Å². The number of benzene rings is 1. The second-order valence-corrected chi connectivity index (χ2v) is 5.90. The molecule has 1 N–H and O–H groups in total. The third kappa shape index (κ3) is 2.47. The van der Waals surface area contributed by atoms with Crippen molar-refractivity contribution in [2.24, 2.45) is 0 Å². The topological polar surface area (TPSA) is 23.5 Å². The molecule has 0 spiro atoms. The summed E-state index contributed by atoms with van der Waals surface area (Å²) < 4.78 is 28.3. The fourth-order valence-corrected chi connectivity index (χ4v) is 3.06. The number of halogens is 2. The maximum atomic E-state index is 14.2. The fraction of sp³-hybridized carbons (Fsp3) is 0.625. The highest BCUT2D eigenvalue weighted by Crippen LogP contribution is 2.38. The number of hydrogen-bond donors (Lipinski definition) is 1. The highest BCUT2D eigenvalue weighted by atomic mass is 19.1. The number of hydrogen-bond acceptors (Lipinski definition) is 2. The van der Waals surface area contributed by atoms with Crippen molar-refractivity contribution in [1.29, 1.82) is 0 Å². The molecule has 2 atom stereocenters. The average Bonchev–Trinajstić information content (AvgIpc) is 2.97. The van der Waals surface area contributed by atoms with E-state index in [0.29, 0.717) is 12.0 Å². The molecule has 2 rings (SSSR count). The lowest BCUT2D eigenvalue weighted by molar-refractivity contribution is -0.0178. The Bertz CT molecular complexity index is 486. The maximum Gasteiger partial charge on any atom is 0.134 e. The molecule has 0 bridgehead atoms. The number of likely N-dealkylation sites (tertiary alicyclic amines) is 1. The van der Waals surface area contributed by atoms with Crippen LogP contribution in [-0.4, -0.2) is 28.6 Å². The van der Waals surface area contributed by atoms with Crippen molar-refractivity contribution < 1.29 is 13.9 Å². The molecule has 1 fully saturated rings. The first kappa shape index (κ1) is 15.4. The van der Waals surface area contributed by atoms with Crippen molar-refractivity contribution in [2.75, 3.05) is 13.1 Å². The molecule has 0 aromatic heterocycles. The molecule has 20 heavy (non-hydrogen) atoms. The highest BCUT2D eigenvalue weighted by Gasteiger charge is 2.41. The first-order valence-electron chi connectivity index (χ1n) is 7.29. The van der Waals surface area contributed by atoms with E-state index >= 15 is 0 Å². The minimum absolute atomic E-state index is 0.193. The van der Waals surface area contributed by atoms with Gasteiger partial charge in [0.2, 0.25) is 0 Å². The van der Waals surface area contributed by atoms with E-state index in [4.69, 9.17) is 0 Å². The summed E-state index contributed by atoms with van der Waals surface area (Å²) in [5.41, 5.74) is -0.465. The number of rotatable bonds is 4. The van der Waals surface area contributed by atoms with Gasteiger partial charge < -0.3 is 5.11 Å². The smallest absolute Gasteiger partial charge is 0.134 e. The van der Waals surface area contributed by atoms with E-state index in [1.165, 1.54) is 12.1 Å². The Morgan fingerprint density at radius 3 is 2.45 bits per heavy atom. The number of aliphatic hydroxyl groups excluding tert-OH is 1. The van der Waals surface area contributed by atoms with Crippen molar-refractivity contribution in [1.82, 2.24) is 4.90 Å². The van der Waals surface area contributed by atoms with Gasteiger partial charge in [0, 0.05) is 5.54 Å². The molecule has 1 saturated heterocycles. The molecule has 112 valence electrons. The largest absolute Gasteiger partial charge is 0.386 e. The van der Waals surface area contributed by atoms with Crippen LogP contribution in [-0.2, 0) is 0 Å². The molecule has 1 heterocycles. The van der Waals surface area contributed by atoms with Gasteiger partial charge in [0.25, 0.3) is 0 Å². The standard InChI is InChI=1S/C16H23F2NO/c1-4-16(3,19-9-5-6-10-19)15(20)13-12(17)8-7-11(2)14(13)18/h7-8,15,20H,4-6,9-10H2,1-3H3. The summed E-state index contributed by atoms with van der Waals surface area (Å²) in [7, 11) is 0. The summed E-state index contributed by atoms with van der Waals surface area (Å²) in [6.07, 6.45) is 1.62. The first-order chi connectivity index (χ1) is 9.41. The second-order valence-electron chi connectivity index (χ2n) is 5.90. The third-order valence-electron chi connectivity index (χ3n) is 4.73. The Balaban J connectivity index is 2.43. The molecule has 1 aliphatic rings. The van der Waals surface area contributed by atoms with Gasteiger partial charge in [0.1, 0.15) is 17.7 Å². The van der Waals surface area contributed by atoms with Crippen LogP contribution >= 0.6 is 0 Å². The highest BCUT2D eigenvalue weighted by molar-refractivity contribution is 5.30. The van der Waals surface area contributed by atoms with Crippen LogP contribution in [0.15, 0.2) is 12.1 Å². The maximum absolute atomic E-state index is 14.2. The van der Waals surface area contributed by atoms with Gasteiger partial charge in [-0.2, -0.15) is 0 Å². The molecule has 0 saturated carbocycles. The molecule has 0 amide bonds. The normalized spacial score (nSPS) is 20.9. The Labute approximate surface area is 119 Å². The van der Waals surface area contributed by atoms with Crippen molar-refractivity contribution in [3.63, 3.8) is 0 Å². The van der Waals surface area contributed by atoms with Crippen molar-refractivity contribution in [2.45, 2.75) is 51.7 Å². The molecular formula is C16H23F2NO. The van der Waals surface area contributed by atoms with Crippen molar-refractivity contribution in [3.05, 3.63) is 34.9 Å². The Morgan fingerprint density at radius 1 is 1.30 bits per heavy atom. The van der Waals surface area contributed by atoms with Crippen molar-refractivity contribution >= 4 is 0 Å². The van der Waals surface area contributed by atoms with Gasteiger partial charge in [-0.05, 0) is 57.8 Å². The third-order valence-corrected chi connectivity index (χ3v) is 4.73. The molecule has 4 heteroatoms. The van der Waals surface area contributed by atoms with Crippen LogP contribution in [0.4, 0.5) is 8.78 Å². The summed E-state index contributed by atoms with van der Waals surface area (Å²) in [6, 6.07) is 2.64. The van der Waals surface area contributed by atoms with Crippen molar-refractivity contribution in [3.8, 4) is 0 Å². The van der Waals surface area contributed by atoms with Crippen LogP contribution in [0, 0.1) is 18.6 Å². The van der Waals surface area contributed by atoms with Crippen LogP contribution in [0.5, 0.6) is 0 Å². The van der Waals surface area contributed by atoms with Crippen LogP contribution < -0.4 is 0 Å². The van der Waals surface area contributed by atoms with E-state index in [1.54, 1.807) is 6.92 Å². The van der Waals surface area contributed by atoms with Crippen LogP contribution in [0.1, 0.15) is 50.3 Å². The predicted molar refractivity (Wildman–Crippen MR) is 75.6 cm³/mol. The van der Waals surface area contributed by atoms with Gasteiger partial charge in [-0.25, -0.2) is 8.78 Å². The number of aryl methyl sites for hydroxylation is 1. The van der Waals surface area contributed by atoms with Crippen LogP contribution in [0.25, 0.3) is 0 Å². The molecule has 2 unspecified atom stereocenters. The first-order valence-corrected chi connectivity index (χ1v) is 7.29. The van der Waals surface area contributed by atoms with Crippen LogP contribution in [0.3, 0.4) is 0 Å². The quantitative estimate of drug-likeness (QED) is 0.913. The lowest BCUT2D eigenvalue weighted by atomic mass is 9.84. The lowest BCUT2D eigenvalue weighted by Crippen LogP contribution is -2.49. The average molecular weight is 283 g/mol. The molecular weight excluding hydrogens is 260 g/mol. The Kier molecular flexibility index (Phi) is 4.45. The van der Waals surface area contributed by atoms with Gasteiger partial charge in [0.05, 0.1) is 5.56 Å².